The van der Waals surface area contributed by atoms with Crippen molar-refractivity contribution in [3.8, 4) is 0 Å². The average molecular weight is 309 g/mol. The van der Waals surface area contributed by atoms with Gasteiger partial charge in [-0.15, -0.1) is 0 Å². The van der Waals surface area contributed by atoms with Crippen molar-refractivity contribution in [1.82, 2.24) is 5.32 Å². The van der Waals surface area contributed by atoms with Crippen LogP contribution in [0, 0.1) is 5.82 Å². The van der Waals surface area contributed by atoms with Crippen molar-refractivity contribution < 1.29 is 17.6 Å². The SMILES string of the molecule is Fc1ccc(Cc2ccc3c(c2)CNCC3)cc1C(F)(F)F. The van der Waals surface area contributed by atoms with Crippen LogP contribution in [-0.4, -0.2) is 6.54 Å². The molecule has 116 valence electrons. The number of hydrogen-bond donors (Lipinski definition) is 1. The molecule has 0 saturated carbocycles. The molecule has 0 unspecified atom stereocenters. The predicted molar refractivity (Wildman–Crippen MR) is 76.1 cm³/mol. The molecular weight excluding hydrogens is 294 g/mol. The van der Waals surface area contributed by atoms with Crippen LogP contribution in [0.2, 0.25) is 0 Å². The van der Waals surface area contributed by atoms with Gasteiger partial charge in [-0.05, 0) is 53.8 Å². The lowest BCUT2D eigenvalue weighted by Crippen LogP contribution is -2.23. The maximum atomic E-state index is 13.3. The Balaban J connectivity index is 1.87. The molecular formula is C17H15F4N. The van der Waals surface area contributed by atoms with Crippen LogP contribution in [0.3, 0.4) is 0 Å². The molecule has 1 aliphatic heterocycles. The minimum atomic E-state index is -4.67. The van der Waals surface area contributed by atoms with Crippen LogP contribution < -0.4 is 5.32 Å². The monoisotopic (exact) mass is 309 g/mol. The number of fused-ring (bicyclic) bond motifs is 1. The summed E-state index contributed by atoms with van der Waals surface area (Å²) in [6, 6.07) is 9.16. The van der Waals surface area contributed by atoms with E-state index in [1.165, 1.54) is 17.2 Å². The summed E-state index contributed by atoms with van der Waals surface area (Å²) in [5.41, 5.74) is 2.64. The van der Waals surface area contributed by atoms with E-state index in [-0.39, 0.29) is 0 Å². The van der Waals surface area contributed by atoms with Crippen LogP contribution in [0.4, 0.5) is 17.6 Å². The van der Waals surface area contributed by atoms with Gasteiger partial charge >= 0.3 is 6.18 Å². The number of hydrogen-bond acceptors (Lipinski definition) is 1. The largest absolute Gasteiger partial charge is 0.419 e. The minimum Gasteiger partial charge on any atom is -0.312 e. The van der Waals surface area contributed by atoms with Gasteiger partial charge in [0.1, 0.15) is 5.82 Å². The smallest absolute Gasteiger partial charge is 0.312 e. The zero-order chi connectivity index (χ0) is 15.7. The highest BCUT2D eigenvalue weighted by molar-refractivity contribution is 5.37. The van der Waals surface area contributed by atoms with Crippen LogP contribution in [0.25, 0.3) is 0 Å². The van der Waals surface area contributed by atoms with E-state index in [4.69, 9.17) is 0 Å². The Kier molecular flexibility index (Phi) is 3.91. The first kappa shape index (κ1) is 15.0. The van der Waals surface area contributed by atoms with Crippen LogP contribution in [-0.2, 0) is 25.6 Å². The van der Waals surface area contributed by atoms with E-state index in [2.05, 4.69) is 5.32 Å². The summed E-state index contributed by atoms with van der Waals surface area (Å²) in [4.78, 5) is 0. The standard InChI is InChI=1S/C17H15F4N/c18-16-4-2-12(9-15(16)17(19,20)21)7-11-1-3-13-5-6-22-10-14(13)8-11/h1-4,8-9,22H,5-7,10H2. The molecule has 5 heteroatoms. The maximum Gasteiger partial charge on any atom is 0.419 e. The quantitative estimate of drug-likeness (QED) is 0.824. The molecule has 1 aliphatic rings. The Morgan fingerprint density at radius 3 is 2.45 bits per heavy atom. The molecule has 1 heterocycles. The molecule has 0 saturated heterocycles. The van der Waals surface area contributed by atoms with Crippen molar-refractivity contribution in [3.63, 3.8) is 0 Å². The Morgan fingerprint density at radius 1 is 0.955 bits per heavy atom. The van der Waals surface area contributed by atoms with Crippen LogP contribution in [0.1, 0.15) is 27.8 Å². The molecule has 1 nitrogen and oxygen atoms in total. The summed E-state index contributed by atoms with van der Waals surface area (Å²) in [7, 11) is 0. The topological polar surface area (TPSA) is 12.0 Å². The highest BCUT2D eigenvalue weighted by atomic mass is 19.4. The van der Waals surface area contributed by atoms with Crippen LogP contribution in [0.5, 0.6) is 0 Å². The lowest BCUT2D eigenvalue weighted by atomic mass is 9.95. The molecule has 1 N–H and O–H groups in total. The molecule has 3 rings (SSSR count). The van der Waals surface area contributed by atoms with E-state index in [1.54, 1.807) is 0 Å². The van der Waals surface area contributed by atoms with Crippen molar-refractivity contribution in [1.29, 1.82) is 0 Å². The van der Waals surface area contributed by atoms with Gasteiger partial charge in [-0.3, -0.25) is 0 Å². The molecule has 0 fully saturated rings. The molecule has 0 bridgehead atoms. The van der Waals surface area contributed by atoms with E-state index in [1.807, 2.05) is 18.2 Å². The van der Waals surface area contributed by atoms with Gasteiger partial charge in [0.25, 0.3) is 0 Å². The normalized spacial score (nSPS) is 14.7. The highest BCUT2D eigenvalue weighted by Gasteiger charge is 2.34. The van der Waals surface area contributed by atoms with E-state index in [0.717, 1.165) is 37.2 Å². The number of rotatable bonds is 2. The number of benzene rings is 2. The minimum absolute atomic E-state index is 0.358. The Hall–Kier alpha value is -1.88. The lowest BCUT2D eigenvalue weighted by molar-refractivity contribution is -0.140. The summed E-state index contributed by atoms with van der Waals surface area (Å²) >= 11 is 0. The molecule has 0 aromatic heterocycles. The zero-order valence-electron chi connectivity index (χ0n) is 11.8. The fourth-order valence-electron chi connectivity index (χ4n) is 2.78. The van der Waals surface area contributed by atoms with E-state index < -0.39 is 17.6 Å². The first-order valence-corrected chi connectivity index (χ1v) is 7.10. The van der Waals surface area contributed by atoms with E-state index >= 15 is 0 Å². The average Bonchev–Trinajstić information content (AvgIpc) is 2.48. The first-order chi connectivity index (χ1) is 10.4. The molecule has 0 atom stereocenters. The highest BCUT2D eigenvalue weighted by Crippen LogP contribution is 2.32. The molecule has 2 aromatic rings. The first-order valence-electron chi connectivity index (χ1n) is 7.10. The van der Waals surface area contributed by atoms with Crippen LogP contribution in [0.15, 0.2) is 36.4 Å². The second-order valence-corrected chi connectivity index (χ2v) is 5.52. The van der Waals surface area contributed by atoms with Gasteiger partial charge in [0.2, 0.25) is 0 Å². The summed E-state index contributed by atoms with van der Waals surface area (Å²) in [5, 5.41) is 3.27. The molecule has 0 spiro atoms. The zero-order valence-corrected chi connectivity index (χ0v) is 11.8. The van der Waals surface area contributed by atoms with Gasteiger partial charge in [0, 0.05) is 6.54 Å². The predicted octanol–water partition coefficient (Wildman–Crippen LogP) is 4.08. The van der Waals surface area contributed by atoms with E-state index in [0.29, 0.717) is 12.0 Å². The summed E-state index contributed by atoms with van der Waals surface area (Å²) in [6.45, 7) is 1.72. The third-order valence-corrected chi connectivity index (χ3v) is 3.90. The number of nitrogens with one attached hydrogen (secondary N) is 1. The van der Waals surface area contributed by atoms with Crippen LogP contribution >= 0.6 is 0 Å². The van der Waals surface area contributed by atoms with Gasteiger partial charge in [-0.1, -0.05) is 24.3 Å². The number of alkyl halides is 3. The Bertz CT molecular complexity index is 692. The Morgan fingerprint density at radius 2 is 1.68 bits per heavy atom. The second-order valence-electron chi connectivity index (χ2n) is 5.52. The van der Waals surface area contributed by atoms with Crippen molar-refractivity contribution >= 4 is 0 Å². The molecule has 0 amide bonds. The van der Waals surface area contributed by atoms with Gasteiger partial charge in [0.15, 0.2) is 0 Å². The van der Waals surface area contributed by atoms with Gasteiger partial charge in [-0.25, -0.2) is 4.39 Å². The van der Waals surface area contributed by atoms with Crippen molar-refractivity contribution in [2.75, 3.05) is 6.54 Å². The lowest BCUT2D eigenvalue weighted by Gasteiger charge is -2.18. The molecule has 0 radical (unpaired) electrons. The van der Waals surface area contributed by atoms with Gasteiger partial charge < -0.3 is 5.32 Å². The fraction of sp³-hybridized carbons (Fsp3) is 0.294. The molecule has 22 heavy (non-hydrogen) atoms. The number of halogens is 4. The third-order valence-electron chi connectivity index (χ3n) is 3.90. The van der Waals surface area contributed by atoms with Crippen molar-refractivity contribution in [2.24, 2.45) is 0 Å². The van der Waals surface area contributed by atoms with Gasteiger partial charge in [0.05, 0.1) is 5.56 Å². The fourth-order valence-corrected chi connectivity index (χ4v) is 2.78. The summed E-state index contributed by atoms with van der Waals surface area (Å²) in [6.07, 6.45) is -3.35. The second kappa shape index (κ2) is 5.72. The maximum absolute atomic E-state index is 13.3. The van der Waals surface area contributed by atoms with Crippen molar-refractivity contribution in [3.05, 3.63) is 70.0 Å². The van der Waals surface area contributed by atoms with E-state index in [9.17, 15) is 17.6 Å². The summed E-state index contributed by atoms with van der Waals surface area (Å²) in [5.74, 6) is -1.23. The van der Waals surface area contributed by atoms with Gasteiger partial charge in [-0.2, -0.15) is 13.2 Å². The molecule has 0 aliphatic carbocycles. The van der Waals surface area contributed by atoms with Crippen molar-refractivity contribution in [2.45, 2.75) is 25.6 Å². The molecule has 2 aromatic carbocycles. The Labute approximate surface area is 126 Å². The summed E-state index contributed by atoms with van der Waals surface area (Å²) < 4.78 is 51.5. The third kappa shape index (κ3) is 3.14.